The van der Waals surface area contributed by atoms with Crippen LogP contribution in [0.25, 0.3) is 0 Å². The summed E-state index contributed by atoms with van der Waals surface area (Å²) < 4.78 is 0. The first kappa shape index (κ1) is 17.2. The molecule has 0 N–H and O–H groups in total. The van der Waals surface area contributed by atoms with Gasteiger partial charge in [0.25, 0.3) is 5.91 Å². The molecule has 2 aliphatic rings. The van der Waals surface area contributed by atoms with Crippen molar-refractivity contribution in [3.8, 4) is 0 Å². The lowest BCUT2D eigenvalue weighted by Crippen LogP contribution is -2.37. The number of carbonyl (C=O) groups is 1. The Morgan fingerprint density at radius 2 is 2.31 bits per heavy atom. The lowest BCUT2D eigenvalue weighted by Gasteiger charge is -2.22. The molecular formula is C19H22N4O2S. The van der Waals surface area contributed by atoms with Crippen molar-refractivity contribution in [3.63, 3.8) is 0 Å². The molecule has 1 fully saturated rings. The van der Waals surface area contributed by atoms with Crippen LogP contribution in [-0.2, 0) is 22.7 Å². The van der Waals surface area contributed by atoms with E-state index in [-0.39, 0.29) is 11.5 Å². The fourth-order valence-electron chi connectivity index (χ4n) is 3.57. The summed E-state index contributed by atoms with van der Waals surface area (Å²) in [7, 11) is 1.78. The van der Waals surface area contributed by atoms with Gasteiger partial charge in [-0.05, 0) is 23.6 Å². The Bertz CT molecular complexity index is 793. The van der Waals surface area contributed by atoms with E-state index in [1.54, 1.807) is 29.5 Å². The molecule has 1 atom stereocenters. The van der Waals surface area contributed by atoms with Crippen molar-refractivity contribution < 1.29 is 9.63 Å². The average molecular weight is 370 g/mol. The smallest absolute Gasteiger partial charge is 0.271 e. The number of hydrogen-bond acceptors (Lipinski definition) is 6. The van der Waals surface area contributed by atoms with Crippen LogP contribution in [0.15, 0.2) is 47.1 Å². The minimum absolute atomic E-state index is 0.0794. The SMILES string of the molecule is CN(Cc1ccccn1)C(=O)C1=NO[C@]2(CCN(Cc3cccs3)C2)C1. The lowest BCUT2D eigenvalue weighted by atomic mass is 9.96. The summed E-state index contributed by atoms with van der Waals surface area (Å²) in [5, 5.41) is 6.25. The van der Waals surface area contributed by atoms with E-state index in [1.165, 1.54) is 4.88 Å². The molecule has 4 rings (SSSR count). The number of likely N-dealkylation sites (tertiary alicyclic amines) is 1. The fourth-order valence-corrected chi connectivity index (χ4v) is 4.31. The van der Waals surface area contributed by atoms with Crippen molar-refractivity contribution >= 4 is 23.0 Å². The van der Waals surface area contributed by atoms with E-state index in [4.69, 9.17) is 4.84 Å². The summed E-state index contributed by atoms with van der Waals surface area (Å²) in [5.74, 6) is -0.0794. The van der Waals surface area contributed by atoms with Gasteiger partial charge in [-0.25, -0.2) is 0 Å². The van der Waals surface area contributed by atoms with Crippen LogP contribution >= 0.6 is 11.3 Å². The Morgan fingerprint density at radius 3 is 3.08 bits per heavy atom. The number of nitrogens with zero attached hydrogens (tertiary/aromatic N) is 4. The highest BCUT2D eigenvalue weighted by Crippen LogP contribution is 2.35. The predicted octanol–water partition coefficient (Wildman–Crippen LogP) is 2.52. The summed E-state index contributed by atoms with van der Waals surface area (Å²) in [5.41, 5.74) is 1.04. The first-order valence-corrected chi connectivity index (χ1v) is 9.67. The number of thiophene rings is 1. The average Bonchev–Trinajstić information content (AvgIpc) is 3.39. The Labute approximate surface area is 157 Å². The monoisotopic (exact) mass is 370 g/mol. The van der Waals surface area contributed by atoms with Crippen molar-refractivity contribution in [3.05, 3.63) is 52.5 Å². The van der Waals surface area contributed by atoms with Gasteiger partial charge in [0.15, 0.2) is 5.60 Å². The standard InChI is InChI=1S/C19H22N4O2S/c1-22(12-15-5-2-3-8-20-15)18(24)17-11-19(25-21-17)7-9-23(14-19)13-16-6-4-10-26-16/h2-6,8,10H,7,9,11-14H2,1H3/t19-/m1/s1. The minimum atomic E-state index is -0.339. The van der Waals surface area contributed by atoms with Gasteiger partial charge in [-0.1, -0.05) is 17.3 Å². The van der Waals surface area contributed by atoms with E-state index in [1.807, 2.05) is 18.2 Å². The van der Waals surface area contributed by atoms with Crippen molar-refractivity contribution in [2.75, 3.05) is 20.1 Å². The first-order chi connectivity index (χ1) is 12.6. The van der Waals surface area contributed by atoms with Crippen LogP contribution in [0.5, 0.6) is 0 Å². The van der Waals surface area contributed by atoms with Gasteiger partial charge >= 0.3 is 0 Å². The molecule has 1 spiro atoms. The molecule has 4 heterocycles. The molecule has 0 bridgehead atoms. The Hall–Kier alpha value is -2.25. The van der Waals surface area contributed by atoms with E-state index >= 15 is 0 Å². The number of hydrogen-bond donors (Lipinski definition) is 0. The van der Waals surface area contributed by atoms with Crippen molar-refractivity contribution in [2.45, 2.75) is 31.5 Å². The van der Waals surface area contributed by atoms with Crippen LogP contribution < -0.4 is 0 Å². The fraction of sp³-hybridized carbons (Fsp3) is 0.421. The highest BCUT2D eigenvalue weighted by Gasteiger charge is 2.47. The van der Waals surface area contributed by atoms with Gasteiger partial charge in [0.2, 0.25) is 0 Å². The van der Waals surface area contributed by atoms with E-state index in [0.717, 1.165) is 31.7 Å². The number of aromatic nitrogens is 1. The first-order valence-electron chi connectivity index (χ1n) is 8.79. The molecule has 2 aromatic heterocycles. The van der Waals surface area contributed by atoms with Gasteiger partial charge in [0.1, 0.15) is 5.71 Å². The third-order valence-corrected chi connectivity index (χ3v) is 5.77. The Balaban J connectivity index is 1.33. The minimum Gasteiger partial charge on any atom is -0.387 e. The molecular weight excluding hydrogens is 348 g/mol. The van der Waals surface area contributed by atoms with Gasteiger partial charge in [0, 0.05) is 50.6 Å². The summed E-state index contributed by atoms with van der Waals surface area (Å²) in [6.07, 6.45) is 3.22. The molecule has 0 unspecified atom stereocenters. The summed E-state index contributed by atoms with van der Waals surface area (Å²) in [6, 6.07) is 9.94. The van der Waals surface area contributed by atoms with E-state index in [2.05, 4.69) is 32.6 Å². The van der Waals surface area contributed by atoms with E-state index < -0.39 is 0 Å². The molecule has 26 heavy (non-hydrogen) atoms. The second-order valence-electron chi connectivity index (χ2n) is 7.01. The van der Waals surface area contributed by atoms with Crippen LogP contribution in [0.2, 0.25) is 0 Å². The molecule has 0 saturated carbocycles. The molecule has 136 valence electrons. The molecule has 2 aromatic rings. The highest BCUT2D eigenvalue weighted by atomic mass is 32.1. The molecule has 0 aromatic carbocycles. The van der Waals surface area contributed by atoms with Crippen LogP contribution in [0.4, 0.5) is 0 Å². The van der Waals surface area contributed by atoms with Gasteiger partial charge in [0.05, 0.1) is 12.2 Å². The molecule has 1 amide bonds. The molecule has 6 nitrogen and oxygen atoms in total. The van der Waals surface area contributed by atoms with E-state index in [9.17, 15) is 4.79 Å². The van der Waals surface area contributed by atoms with Crippen LogP contribution in [0.1, 0.15) is 23.4 Å². The molecule has 2 aliphatic heterocycles. The Morgan fingerprint density at radius 1 is 1.38 bits per heavy atom. The van der Waals surface area contributed by atoms with Crippen LogP contribution in [0.3, 0.4) is 0 Å². The number of amides is 1. The van der Waals surface area contributed by atoms with Crippen LogP contribution in [0, 0.1) is 0 Å². The van der Waals surface area contributed by atoms with Crippen LogP contribution in [-0.4, -0.2) is 52.1 Å². The number of pyridine rings is 1. The summed E-state index contributed by atoms with van der Waals surface area (Å²) in [4.78, 5) is 28.1. The van der Waals surface area contributed by atoms with Gasteiger partial charge in [-0.3, -0.25) is 14.7 Å². The third kappa shape index (κ3) is 3.64. The molecule has 1 saturated heterocycles. The normalized spacial score (nSPS) is 22.4. The molecule has 7 heteroatoms. The zero-order valence-electron chi connectivity index (χ0n) is 14.8. The highest BCUT2D eigenvalue weighted by molar-refractivity contribution is 7.09. The maximum atomic E-state index is 12.7. The van der Waals surface area contributed by atoms with Gasteiger partial charge in [-0.15, -0.1) is 11.3 Å². The van der Waals surface area contributed by atoms with Gasteiger partial charge in [-0.2, -0.15) is 0 Å². The largest absolute Gasteiger partial charge is 0.387 e. The van der Waals surface area contributed by atoms with E-state index in [0.29, 0.717) is 18.7 Å². The van der Waals surface area contributed by atoms with Crippen molar-refractivity contribution in [1.29, 1.82) is 0 Å². The topological polar surface area (TPSA) is 58.0 Å². The zero-order chi connectivity index (χ0) is 18.0. The van der Waals surface area contributed by atoms with Gasteiger partial charge < -0.3 is 9.74 Å². The zero-order valence-corrected chi connectivity index (χ0v) is 15.6. The maximum Gasteiger partial charge on any atom is 0.271 e. The molecule has 0 radical (unpaired) electrons. The Kier molecular flexibility index (Phi) is 4.74. The molecule has 0 aliphatic carbocycles. The quantitative estimate of drug-likeness (QED) is 0.812. The van der Waals surface area contributed by atoms with Crippen molar-refractivity contribution in [1.82, 2.24) is 14.8 Å². The maximum absolute atomic E-state index is 12.7. The number of rotatable bonds is 5. The number of carbonyl (C=O) groups excluding carboxylic acids is 1. The summed E-state index contributed by atoms with van der Waals surface area (Å²) in [6.45, 7) is 3.19. The summed E-state index contributed by atoms with van der Waals surface area (Å²) >= 11 is 1.77. The lowest BCUT2D eigenvalue weighted by molar-refractivity contribution is -0.123. The number of oxime groups is 1. The van der Waals surface area contributed by atoms with Crippen molar-refractivity contribution in [2.24, 2.45) is 5.16 Å². The predicted molar refractivity (Wildman–Crippen MR) is 101 cm³/mol. The third-order valence-electron chi connectivity index (χ3n) is 4.91. The second kappa shape index (κ2) is 7.17. The second-order valence-corrected chi connectivity index (χ2v) is 8.04.